The molecule has 5 nitrogen and oxygen atoms in total. The highest BCUT2D eigenvalue weighted by molar-refractivity contribution is 9.10. The van der Waals surface area contributed by atoms with Crippen molar-refractivity contribution in [2.75, 3.05) is 0 Å². The predicted molar refractivity (Wildman–Crippen MR) is 91.5 cm³/mol. The summed E-state index contributed by atoms with van der Waals surface area (Å²) < 4.78 is 40.3. The molecule has 0 spiro atoms. The second-order valence-corrected chi connectivity index (χ2v) is 8.04. The van der Waals surface area contributed by atoms with Crippen molar-refractivity contribution < 1.29 is 22.7 Å². The second kappa shape index (κ2) is 7.37. The number of carboxylic acids is 1. The van der Waals surface area contributed by atoms with Crippen LogP contribution in [-0.2, 0) is 16.6 Å². The van der Waals surface area contributed by atoms with Gasteiger partial charge in [0.1, 0.15) is 5.82 Å². The third-order valence-electron chi connectivity index (χ3n) is 2.99. The number of benzene rings is 2. The van der Waals surface area contributed by atoms with E-state index in [1.54, 1.807) is 0 Å². The van der Waals surface area contributed by atoms with Crippen LogP contribution in [0.1, 0.15) is 15.9 Å². The fraction of sp³-hybridized carbons (Fsp3) is 0.0714. The lowest BCUT2D eigenvalue weighted by Gasteiger charge is -2.11. The molecule has 2 N–H and O–H groups in total. The minimum atomic E-state index is -4.04. The molecule has 0 radical (unpaired) electrons. The molecule has 0 saturated carbocycles. The molecule has 0 fully saturated rings. The topological polar surface area (TPSA) is 83.5 Å². The normalized spacial score (nSPS) is 11.5. The molecule has 24 heavy (non-hydrogen) atoms. The van der Waals surface area contributed by atoms with Gasteiger partial charge in [0.05, 0.1) is 20.5 Å². The van der Waals surface area contributed by atoms with Gasteiger partial charge in [-0.25, -0.2) is 22.3 Å². The maximum absolute atomic E-state index is 13.1. The number of aromatic carboxylic acids is 1. The Labute approximate surface area is 155 Å². The van der Waals surface area contributed by atoms with Gasteiger partial charge in [0.15, 0.2) is 0 Å². The number of nitrogens with one attached hydrogen (secondary N) is 1. The molecule has 0 bridgehead atoms. The number of halogens is 4. The Hall–Kier alpha value is -1.19. The van der Waals surface area contributed by atoms with E-state index in [1.165, 1.54) is 18.2 Å². The zero-order valence-electron chi connectivity index (χ0n) is 11.7. The third-order valence-corrected chi connectivity index (χ3v) is 5.95. The van der Waals surface area contributed by atoms with Crippen molar-refractivity contribution in [1.29, 1.82) is 0 Å². The number of carboxylic acid groups (broad SMARTS) is 1. The Morgan fingerprint density at radius 3 is 2.46 bits per heavy atom. The second-order valence-electron chi connectivity index (χ2n) is 4.64. The fourth-order valence-corrected chi connectivity index (χ4v) is 4.47. The summed E-state index contributed by atoms with van der Waals surface area (Å²) >= 11 is 14.5. The molecule has 2 rings (SSSR count). The molecule has 0 aliphatic rings. The Kier molecular flexibility index (Phi) is 5.87. The van der Waals surface area contributed by atoms with E-state index in [9.17, 15) is 17.6 Å². The minimum Gasteiger partial charge on any atom is -0.478 e. The fourth-order valence-electron chi connectivity index (χ4n) is 1.80. The van der Waals surface area contributed by atoms with E-state index < -0.39 is 21.8 Å². The monoisotopic (exact) mass is 455 g/mol. The van der Waals surface area contributed by atoms with E-state index in [-0.39, 0.29) is 31.5 Å². The van der Waals surface area contributed by atoms with Crippen LogP contribution < -0.4 is 4.72 Å². The maximum atomic E-state index is 13.1. The molecule has 0 aliphatic heterocycles. The summed E-state index contributed by atoms with van der Waals surface area (Å²) in [6.45, 7) is -0.153. The van der Waals surface area contributed by atoms with Crippen molar-refractivity contribution in [3.8, 4) is 0 Å². The van der Waals surface area contributed by atoms with Crippen molar-refractivity contribution in [3.63, 3.8) is 0 Å². The summed E-state index contributed by atoms with van der Waals surface area (Å²) in [6.07, 6.45) is 0. The molecule has 0 saturated heterocycles. The SMILES string of the molecule is O=C(O)c1cc(S(=O)(=O)NCc2ccc(F)c(Cl)c2)c(Br)cc1Cl. The van der Waals surface area contributed by atoms with Gasteiger partial charge in [-0.15, -0.1) is 0 Å². The highest BCUT2D eigenvalue weighted by Gasteiger charge is 2.22. The summed E-state index contributed by atoms with van der Waals surface area (Å²) in [5.74, 6) is -1.97. The van der Waals surface area contributed by atoms with Gasteiger partial charge in [-0.2, -0.15) is 0 Å². The molecular weight excluding hydrogens is 448 g/mol. The van der Waals surface area contributed by atoms with Crippen molar-refractivity contribution in [3.05, 3.63) is 61.8 Å². The van der Waals surface area contributed by atoms with Crippen molar-refractivity contribution >= 4 is 55.1 Å². The quantitative estimate of drug-likeness (QED) is 0.710. The lowest BCUT2D eigenvalue weighted by Crippen LogP contribution is -2.24. The number of hydrogen-bond donors (Lipinski definition) is 2. The smallest absolute Gasteiger partial charge is 0.337 e. The first-order chi connectivity index (χ1) is 11.1. The molecular formula is C14H9BrCl2FNO4S. The maximum Gasteiger partial charge on any atom is 0.337 e. The lowest BCUT2D eigenvalue weighted by atomic mass is 10.2. The Balaban J connectivity index is 2.31. The van der Waals surface area contributed by atoms with E-state index in [1.807, 2.05) is 0 Å². The van der Waals surface area contributed by atoms with Gasteiger partial charge in [-0.3, -0.25) is 0 Å². The van der Waals surface area contributed by atoms with Crippen LogP contribution in [0.2, 0.25) is 10.0 Å². The summed E-state index contributed by atoms with van der Waals surface area (Å²) in [7, 11) is -4.04. The highest BCUT2D eigenvalue weighted by atomic mass is 79.9. The molecule has 0 atom stereocenters. The largest absolute Gasteiger partial charge is 0.478 e. The van der Waals surface area contributed by atoms with Gasteiger partial charge < -0.3 is 5.11 Å². The number of carbonyl (C=O) groups is 1. The summed E-state index contributed by atoms with van der Waals surface area (Å²) in [6, 6.07) is 5.93. The Bertz CT molecular complexity index is 921. The van der Waals surface area contributed by atoms with Crippen LogP contribution in [0.25, 0.3) is 0 Å². The summed E-state index contributed by atoms with van der Waals surface area (Å²) in [5.41, 5.74) is 0.0959. The first-order valence-corrected chi connectivity index (χ1v) is 9.31. The lowest BCUT2D eigenvalue weighted by molar-refractivity contribution is 0.0697. The van der Waals surface area contributed by atoms with E-state index in [4.69, 9.17) is 28.3 Å². The zero-order valence-corrected chi connectivity index (χ0v) is 15.6. The van der Waals surface area contributed by atoms with Gasteiger partial charge in [-0.1, -0.05) is 29.3 Å². The van der Waals surface area contributed by atoms with Gasteiger partial charge in [0.25, 0.3) is 0 Å². The number of sulfonamides is 1. The Morgan fingerprint density at radius 2 is 1.88 bits per heavy atom. The van der Waals surface area contributed by atoms with Crippen LogP contribution in [0.15, 0.2) is 39.7 Å². The third kappa shape index (κ3) is 4.25. The average molecular weight is 457 g/mol. The molecule has 0 aliphatic carbocycles. The molecule has 0 heterocycles. The van der Waals surface area contributed by atoms with Crippen LogP contribution in [-0.4, -0.2) is 19.5 Å². The number of rotatable bonds is 5. The summed E-state index contributed by atoms with van der Waals surface area (Å²) in [5, 5.41) is 8.82. The average Bonchev–Trinajstić information content (AvgIpc) is 2.48. The zero-order chi connectivity index (χ0) is 18.1. The standard InChI is InChI=1S/C14H9BrCl2FNO4S/c15-9-5-10(16)8(14(20)21)4-13(9)24(22,23)19-6-7-1-2-12(18)11(17)3-7/h1-5,19H,6H2,(H,20,21). The first kappa shape index (κ1) is 19.1. The van der Waals surface area contributed by atoms with Crippen molar-refractivity contribution in [2.45, 2.75) is 11.4 Å². The molecule has 0 unspecified atom stereocenters. The molecule has 10 heteroatoms. The minimum absolute atomic E-state index is 0.0985. The predicted octanol–water partition coefficient (Wildman–Crippen LogP) is 4.07. The molecule has 128 valence electrons. The van der Waals surface area contributed by atoms with Crippen LogP contribution in [0.4, 0.5) is 4.39 Å². The van der Waals surface area contributed by atoms with Gasteiger partial charge in [0, 0.05) is 11.0 Å². The highest BCUT2D eigenvalue weighted by Crippen LogP contribution is 2.29. The van der Waals surface area contributed by atoms with Crippen molar-refractivity contribution in [2.24, 2.45) is 0 Å². The van der Waals surface area contributed by atoms with Crippen LogP contribution in [0, 0.1) is 5.82 Å². The number of hydrogen-bond acceptors (Lipinski definition) is 3. The first-order valence-electron chi connectivity index (χ1n) is 6.28. The van der Waals surface area contributed by atoms with E-state index in [2.05, 4.69) is 20.7 Å². The molecule has 2 aromatic carbocycles. The molecule has 2 aromatic rings. The van der Waals surface area contributed by atoms with E-state index >= 15 is 0 Å². The van der Waals surface area contributed by atoms with Gasteiger partial charge in [-0.05, 0) is 45.8 Å². The van der Waals surface area contributed by atoms with Gasteiger partial charge >= 0.3 is 5.97 Å². The van der Waals surface area contributed by atoms with Crippen LogP contribution >= 0.6 is 39.1 Å². The van der Waals surface area contributed by atoms with Crippen molar-refractivity contribution in [1.82, 2.24) is 4.72 Å². The Morgan fingerprint density at radius 1 is 1.21 bits per heavy atom. The van der Waals surface area contributed by atoms with Crippen LogP contribution in [0.5, 0.6) is 0 Å². The molecule has 0 amide bonds. The summed E-state index contributed by atoms with van der Waals surface area (Å²) in [4.78, 5) is 10.8. The van der Waals surface area contributed by atoms with E-state index in [0.29, 0.717) is 5.56 Å². The molecule has 0 aromatic heterocycles. The van der Waals surface area contributed by atoms with Gasteiger partial charge in [0.2, 0.25) is 10.0 Å². The van der Waals surface area contributed by atoms with E-state index in [0.717, 1.165) is 12.1 Å². The van der Waals surface area contributed by atoms with Crippen LogP contribution in [0.3, 0.4) is 0 Å².